The Kier molecular flexibility index (Phi) is 7.20. The van der Waals surface area contributed by atoms with E-state index < -0.39 is 23.4 Å². The van der Waals surface area contributed by atoms with Crippen LogP contribution in [0.1, 0.15) is 23.2 Å². The lowest BCUT2D eigenvalue weighted by Gasteiger charge is -2.12. The summed E-state index contributed by atoms with van der Waals surface area (Å²) in [6.45, 7) is 0.319. The minimum atomic E-state index is -0.584. The highest BCUT2D eigenvalue weighted by atomic mass is 32.2. The van der Waals surface area contributed by atoms with Crippen molar-refractivity contribution in [3.8, 4) is 0 Å². The van der Waals surface area contributed by atoms with Crippen molar-refractivity contribution in [2.24, 2.45) is 0 Å². The molecule has 2 aromatic rings. The summed E-state index contributed by atoms with van der Waals surface area (Å²) in [7, 11) is 0. The Bertz CT molecular complexity index is 881. The number of hydrogen-bond acceptors (Lipinski definition) is 7. The van der Waals surface area contributed by atoms with Crippen LogP contribution in [0.5, 0.6) is 0 Å². The van der Waals surface area contributed by atoms with Crippen molar-refractivity contribution >= 4 is 35.0 Å². The second-order valence-electron chi connectivity index (χ2n) is 6.37. The fraction of sp³-hybridized carbons (Fsp3) is 0.300. The minimum Gasteiger partial charge on any atom is -0.452 e. The number of hydrogen-bond donors (Lipinski definition) is 1. The zero-order valence-electron chi connectivity index (χ0n) is 15.5. The quantitative estimate of drug-likeness (QED) is 0.303. The van der Waals surface area contributed by atoms with Gasteiger partial charge in [-0.1, -0.05) is 12.1 Å². The maximum absolute atomic E-state index is 12.4. The van der Waals surface area contributed by atoms with E-state index in [0.29, 0.717) is 11.3 Å². The average molecular weight is 416 g/mol. The summed E-state index contributed by atoms with van der Waals surface area (Å²) in [5, 5.41) is 13.2. The van der Waals surface area contributed by atoms with Crippen molar-refractivity contribution in [1.82, 2.24) is 0 Å². The van der Waals surface area contributed by atoms with Gasteiger partial charge in [0, 0.05) is 35.1 Å². The number of rotatable bonds is 8. The lowest BCUT2D eigenvalue weighted by Crippen LogP contribution is -2.21. The van der Waals surface area contributed by atoms with Crippen molar-refractivity contribution in [3.05, 3.63) is 64.2 Å². The van der Waals surface area contributed by atoms with Crippen molar-refractivity contribution in [3.63, 3.8) is 0 Å². The summed E-state index contributed by atoms with van der Waals surface area (Å²) < 4.78 is 10.7. The molecule has 3 rings (SSSR count). The first-order valence-corrected chi connectivity index (χ1v) is 10.1. The summed E-state index contributed by atoms with van der Waals surface area (Å²) in [6.07, 6.45) is 2.26. The normalized spacial score (nSPS) is 15.7. The van der Waals surface area contributed by atoms with Gasteiger partial charge < -0.3 is 14.8 Å². The third kappa shape index (κ3) is 6.03. The Balaban J connectivity index is 1.52. The van der Waals surface area contributed by atoms with Crippen LogP contribution in [0.3, 0.4) is 0 Å². The van der Waals surface area contributed by atoms with Crippen LogP contribution in [-0.4, -0.2) is 41.9 Å². The number of thioether (sulfide) groups is 1. The molecule has 1 heterocycles. The Morgan fingerprint density at radius 1 is 1.21 bits per heavy atom. The molecule has 1 N–H and O–H groups in total. The van der Waals surface area contributed by atoms with Gasteiger partial charge in [-0.15, -0.1) is 11.8 Å². The van der Waals surface area contributed by atoms with E-state index in [1.807, 2.05) is 12.1 Å². The molecule has 0 spiro atoms. The number of ether oxygens (including phenoxy) is 2. The Morgan fingerprint density at radius 3 is 2.66 bits per heavy atom. The number of esters is 1. The molecular weight excluding hydrogens is 396 g/mol. The molecule has 1 aliphatic heterocycles. The molecule has 29 heavy (non-hydrogen) atoms. The lowest BCUT2D eigenvalue weighted by atomic mass is 10.2. The van der Waals surface area contributed by atoms with Crippen LogP contribution in [0.2, 0.25) is 0 Å². The minimum absolute atomic E-state index is 0.0773. The first-order valence-electron chi connectivity index (χ1n) is 9.08. The smallest absolute Gasteiger partial charge is 0.339 e. The molecule has 1 amide bonds. The zero-order chi connectivity index (χ0) is 20.6. The Morgan fingerprint density at radius 2 is 1.97 bits per heavy atom. The molecule has 8 nitrogen and oxygen atoms in total. The summed E-state index contributed by atoms with van der Waals surface area (Å²) in [5.41, 5.74) is 0.703. The maximum atomic E-state index is 12.4. The zero-order valence-corrected chi connectivity index (χ0v) is 16.4. The van der Waals surface area contributed by atoms with Crippen LogP contribution >= 0.6 is 11.8 Å². The van der Waals surface area contributed by atoms with Crippen molar-refractivity contribution in [2.45, 2.75) is 23.8 Å². The fourth-order valence-electron chi connectivity index (χ4n) is 2.79. The number of benzene rings is 2. The van der Waals surface area contributed by atoms with E-state index in [0.717, 1.165) is 30.1 Å². The van der Waals surface area contributed by atoms with E-state index >= 15 is 0 Å². The van der Waals surface area contributed by atoms with Gasteiger partial charge in [0.1, 0.15) is 0 Å². The molecule has 0 saturated carbocycles. The first kappa shape index (κ1) is 20.8. The maximum Gasteiger partial charge on any atom is 0.339 e. The molecule has 1 unspecified atom stereocenters. The number of carbonyl (C=O) groups is 2. The van der Waals surface area contributed by atoms with E-state index in [-0.39, 0.29) is 11.8 Å². The molecule has 0 aliphatic carbocycles. The van der Waals surface area contributed by atoms with E-state index in [1.54, 1.807) is 12.1 Å². The van der Waals surface area contributed by atoms with Gasteiger partial charge in [0.25, 0.3) is 11.6 Å². The van der Waals surface area contributed by atoms with Gasteiger partial charge in [-0.3, -0.25) is 14.9 Å². The second kappa shape index (κ2) is 10.0. The fourth-order valence-corrected chi connectivity index (χ4v) is 3.90. The van der Waals surface area contributed by atoms with Crippen LogP contribution in [0.25, 0.3) is 0 Å². The number of carbonyl (C=O) groups excluding carboxylic acids is 2. The Hall–Kier alpha value is -2.91. The predicted octanol–water partition coefficient (Wildman–Crippen LogP) is 3.66. The largest absolute Gasteiger partial charge is 0.452 e. The van der Waals surface area contributed by atoms with Crippen molar-refractivity contribution < 1.29 is 24.0 Å². The highest BCUT2D eigenvalue weighted by Crippen LogP contribution is 2.27. The Labute approximate surface area is 171 Å². The molecule has 0 aromatic heterocycles. The standard InChI is InChI=1S/C20H20N2O6S/c23-19(21-14-7-9-15(10-8-14)22(25)26)12-28-20(24)17-5-1-2-6-18(17)29-13-16-4-3-11-27-16/h1-2,5-10,16H,3-4,11-13H2,(H,21,23). The molecule has 1 saturated heterocycles. The van der Waals surface area contributed by atoms with Gasteiger partial charge in [0.05, 0.1) is 16.6 Å². The van der Waals surface area contributed by atoms with Gasteiger partial charge in [0.15, 0.2) is 6.61 Å². The lowest BCUT2D eigenvalue weighted by molar-refractivity contribution is -0.384. The number of non-ortho nitro benzene ring substituents is 1. The van der Waals surface area contributed by atoms with E-state index in [1.165, 1.54) is 36.0 Å². The van der Waals surface area contributed by atoms with E-state index in [2.05, 4.69) is 5.32 Å². The van der Waals surface area contributed by atoms with Gasteiger partial charge in [-0.25, -0.2) is 4.79 Å². The molecule has 9 heteroatoms. The molecule has 1 fully saturated rings. The summed E-state index contributed by atoms with van der Waals surface area (Å²) in [5.74, 6) is -0.360. The second-order valence-corrected chi connectivity index (χ2v) is 7.43. The van der Waals surface area contributed by atoms with E-state index in [4.69, 9.17) is 9.47 Å². The molecule has 0 bridgehead atoms. The van der Waals surface area contributed by atoms with Crippen molar-refractivity contribution in [1.29, 1.82) is 0 Å². The highest BCUT2D eigenvalue weighted by Gasteiger charge is 2.19. The van der Waals surface area contributed by atoms with Crippen LogP contribution in [0, 0.1) is 10.1 Å². The number of nitro benzene ring substituents is 1. The summed E-state index contributed by atoms with van der Waals surface area (Å²) in [4.78, 5) is 35.3. The topological polar surface area (TPSA) is 108 Å². The van der Waals surface area contributed by atoms with Gasteiger partial charge >= 0.3 is 5.97 Å². The molecule has 152 valence electrons. The van der Waals surface area contributed by atoms with Gasteiger partial charge in [-0.05, 0) is 37.1 Å². The van der Waals surface area contributed by atoms with E-state index in [9.17, 15) is 19.7 Å². The predicted molar refractivity (Wildman–Crippen MR) is 108 cm³/mol. The summed E-state index contributed by atoms with van der Waals surface area (Å²) >= 11 is 1.53. The van der Waals surface area contributed by atoms with Crippen LogP contribution in [0.4, 0.5) is 11.4 Å². The highest BCUT2D eigenvalue weighted by molar-refractivity contribution is 7.99. The number of amides is 1. The number of nitrogens with zero attached hydrogens (tertiary/aromatic N) is 1. The van der Waals surface area contributed by atoms with Gasteiger partial charge in [-0.2, -0.15) is 0 Å². The van der Waals surface area contributed by atoms with Crippen molar-refractivity contribution in [2.75, 3.05) is 24.3 Å². The molecule has 1 aliphatic rings. The number of anilines is 1. The van der Waals surface area contributed by atoms with Crippen LogP contribution in [0.15, 0.2) is 53.4 Å². The third-order valence-corrected chi connectivity index (χ3v) is 5.46. The van der Waals surface area contributed by atoms with Crippen LogP contribution < -0.4 is 5.32 Å². The van der Waals surface area contributed by atoms with Gasteiger partial charge in [0.2, 0.25) is 0 Å². The molecule has 1 atom stereocenters. The number of nitro groups is 1. The first-order chi connectivity index (χ1) is 14.0. The monoisotopic (exact) mass is 416 g/mol. The molecule has 0 radical (unpaired) electrons. The SMILES string of the molecule is O=C(COC(=O)c1ccccc1SCC1CCCO1)Nc1ccc([N+](=O)[O-])cc1. The molecule has 2 aromatic carbocycles. The summed E-state index contributed by atoms with van der Waals surface area (Å²) in [6, 6.07) is 12.5. The average Bonchev–Trinajstić information content (AvgIpc) is 3.25. The third-order valence-electron chi connectivity index (χ3n) is 4.25. The van der Waals surface area contributed by atoms with Crippen LogP contribution in [-0.2, 0) is 14.3 Å². The molecular formula is C20H20N2O6S. The number of nitrogens with one attached hydrogen (secondary N) is 1.